The van der Waals surface area contributed by atoms with Crippen LogP contribution in [0.2, 0.25) is 0 Å². The standard InChI is InChI=1S/C15H22N2O3/c1-2-3-9-17-13(12(16)10-18)14(15(17)19)20-11-7-5-4-6-8-11/h4-8,12-14,18H,2-3,9-10,16H2,1H3/t12-,13-,14+/m0/s1. The molecule has 1 fully saturated rings. The molecule has 5 heteroatoms. The molecule has 0 aliphatic carbocycles. The Labute approximate surface area is 119 Å². The predicted molar refractivity (Wildman–Crippen MR) is 76.3 cm³/mol. The second-order valence-corrected chi connectivity index (χ2v) is 5.07. The fourth-order valence-electron chi connectivity index (χ4n) is 2.45. The Balaban J connectivity index is 2.05. The zero-order chi connectivity index (χ0) is 14.5. The van der Waals surface area contributed by atoms with Crippen molar-refractivity contribution < 1.29 is 14.6 Å². The molecule has 1 aliphatic rings. The van der Waals surface area contributed by atoms with Crippen molar-refractivity contribution in [2.45, 2.75) is 38.0 Å². The Bertz CT molecular complexity index is 438. The van der Waals surface area contributed by atoms with Gasteiger partial charge >= 0.3 is 0 Å². The number of unbranched alkanes of at least 4 members (excludes halogenated alkanes) is 1. The van der Waals surface area contributed by atoms with E-state index >= 15 is 0 Å². The van der Waals surface area contributed by atoms with Gasteiger partial charge in [0.1, 0.15) is 5.75 Å². The summed E-state index contributed by atoms with van der Waals surface area (Å²) in [7, 11) is 0. The molecule has 1 heterocycles. The lowest BCUT2D eigenvalue weighted by atomic mass is 9.91. The maximum Gasteiger partial charge on any atom is 0.266 e. The lowest BCUT2D eigenvalue weighted by Crippen LogP contribution is -2.73. The van der Waals surface area contributed by atoms with Crippen LogP contribution >= 0.6 is 0 Å². The van der Waals surface area contributed by atoms with E-state index in [4.69, 9.17) is 10.5 Å². The Morgan fingerprint density at radius 2 is 2.10 bits per heavy atom. The van der Waals surface area contributed by atoms with Crippen molar-refractivity contribution in [2.75, 3.05) is 13.2 Å². The lowest BCUT2D eigenvalue weighted by Gasteiger charge is -2.48. The van der Waals surface area contributed by atoms with Crippen molar-refractivity contribution in [3.05, 3.63) is 30.3 Å². The zero-order valence-electron chi connectivity index (χ0n) is 11.7. The maximum absolute atomic E-state index is 12.2. The van der Waals surface area contributed by atoms with Crippen LogP contribution in [-0.4, -0.2) is 47.3 Å². The first-order chi connectivity index (χ1) is 9.69. The van der Waals surface area contributed by atoms with Gasteiger partial charge in [0.05, 0.1) is 18.7 Å². The van der Waals surface area contributed by atoms with Crippen LogP contribution in [0, 0.1) is 0 Å². The van der Waals surface area contributed by atoms with Crippen LogP contribution in [0.5, 0.6) is 5.75 Å². The number of hydrogen-bond acceptors (Lipinski definition) is 4. The van der Waals surface area contributed by atoms with Gasteiger partial charge in [-0.3, -0.25) is 4.79 Å². The summed E-state index contributed by atoms with van der Waals surface area (Å²) < 4.78 is 5.73. The van der Waals surface area contributed by atoms with Gasteiger partial charge in [0, 0.05) is 6.54 Å². The Hall–Kier alpha value is -1.59. The minimum Gasteiger partial charge on any atom is -0.478 e. The number of aliphatic hydroxyl groups is 1. The summed E-state index contributed by atoms with van der Waals surface area (Å²) in [6, 6.07) is 8.49. The molecule has 0 unspecified atom stereocenters. The van der Waals surface area contributed by atoms with Gasteiger partial charge in [-0.2, -0.15) is 0 Å². The number of nitrogens with two attached hydrogens (primary N) is 1. The van der Waals surface area contributed by atoms with Gasteiger partial charge in [-0.05, 0) is 18.6 Å². The van der Waals surface area contributed by atoms with Crippen LogP contribution < -0.4 is 10.5 Å². The quantitative estimate of drug-likeness (QED) is 0.722. The van der Waals surface area contributed by atoms with Gasteiger partial charge < -0.3 is 20.5 Å². The second-order valence-electron chi connectivity index (χ2n) is 5.07. The average Bonchev–Trinajstić information content (AvgIpc) is 2.49. The number of carbonyl (C=O) groups is 1. The summed E-state index contributed by atoms with van der Waals surface area (Å²) in [5.74, 6) is 0.604. The van der Waals surface area contributed by atoms with E-state index in [1.807, 2.05) is 30.3 Å². The molecule has 110 valence electrons. The second kappa shape index (κ2) is 6.72. The van der Waals surface area contributed by atoms with E-state index in [2.05, 4.69) is 6.92 Å². The van der Waals surface area contributed by atoms with Crippen LogP contribution in [-0.2, 0) is 4.79 Å². The smallest absolute Gasteiger partial charge is 0.266 e. The maximum atomic E-state index is 12.2. The summed E-state index contributed by atoms with van der Waals surface area (Å²) in [5.41, 5.74) is 5.92. The van der Waals surface area contributed by atoms with Crippen LogP contribution in [0.4, 0.5) is 0 Å². The van der Waals surface area contributed by atoms with E-state index in [1.165, 1.54) is 0 Å². The number of aliphatic hydroxyl groups excluding tert-OH is 1. The van der Waals surface area contributed by atoms with Crippen LogP contribution in [0.15, 0.2) is 30.3 Å². The fourth-order valence-corrected chi connectivity index (χ4v) is 2.45. The molecule has 0 bridgehead atoms. The highest BCUT2D eigenvalue weighted by molar-refractivity contribution is 5.89. The summed E-state index contributed by atoms with van der Waals surface area (Å²) in [6.07, 6.45) is 1.35. The lowest BCUT2D eigenvalue weighted by molar-refractivity contribution is -0.166. The van der Waals surface area contributed by atoms with Crippen molar-refractivity contribution in [3.63, 3.8) is 0 Å². The molecule has 20 heavy (non-hydrogen) atoms. The van der Waals surface area contributed by atoms with Crippen molar-refractivity contribution in [3.8, 4) is 5.75 Å². The number of rotatable bonds is 7. The van der Waals surface area contributed by atoms with Crippen LogP contribution in [0.3, 0.4) is 0 Å². The molecule has 2 rings (SSSR count). The van der Waals surface area contributed by atoms with Crippen LogP contribution in [0.25, 0.3) is 0 Å². The van der Waals surface area contributed by atoms with Gasteiger partial charge in [0.2, 0.25) is 0 Å². The zero-order valence-corrected chi connectivity index (χ0v) is 11.7. The average molecular weight is 278 g/mol. The molecule has 3 N–H and O–H groups in total. The first kappa shape index (κ1) is 14.8. The molecule has 0 aromatic heterocycles. The normalized spacial score (nSPS) is 23.4. The molecule has 3 atom stereocenters. The minimum absolute atomic E-state index is 0.0452. The number of para-hydroxylation sites is 1. The summed E-state index contributed by atoms with van der Waals surface area (Å²) in [4.78, 5) is 13.9. The number of amides is 1. The number of carbonyl (C=O) groups excluding carboxylic acids is 1. The molecule has 1 saturated heterocycles. The van der Waals surface area contributed by atoms with Crippen LogP contribution in [0.1, 0.15) is 19.8 Å². The van der Waals surface area contributed by atoms with E-state index in [0.717, 1.165) is 12.8 Å². The molecule has 1 aliphatic heterocycles. The minimum atomic E-state index is -0.587. The monoisotopic (exact) mass is 278 g/mol. The molecular formula is C15H22N2O3. The predicted octanol–water partition coefficient (Wildman–Crippen LogP) is 0.764. The summed E-state index contributed by atoms with van der Waals surface area (Å²) >= 11 is 0. The highest BCUT2D eigenvalue weighted by Crippen LogP contribution is 2.27. The van der Waals surface area contributed by atoms with E-state index in [0.29, 0.717) is 12.3 Å². The van der Waals surface area contributed by atoms with Gasteiger partial charge in [0.15, 0.2) is 6.10 Å². The third-order valence-electron chi connectivity index (χ3n) is 3.60. The van der Waals surface area contributed by atoms with Crippen molar-refractivity contribution in [2.24, 2.45) is 5.73 Å². The molecule has 1 aromatic carbocycles. The first-order valence-corrected chi connectivity index (χ1v) is 7.07. The first-order valence-electron chi connectivity index (χ1n) is 7.07. The Kier molecular flexibility index (Phi) is 4.98. The largest absolute Gasteiger partial charge is 0.478 e. The highest BCUT2D eigenvalue weighted by Gasteiger charge is 2.51. The molecule has 5 nitrogen and oxygen atoms in total. The van der Waals surface area contributed by atoms with Gasteiger partial charge in [-0.25, -0.2) is 0 Å². The molecule has 0 spiro atoms. The van der Waals surface area contributed by atoms with E-state index in [1.54, 1.807) is 4.90 Å². The van der Waals surface area contributed by atoms with Gasteiger partial charge in [-0.15, -0.1) is 0 Å². The topological polar surface area (TPSA) is 75.8 Å². The SMILES string of the molecule is CCCCN1C(=O)[C@H](Oc2ccccc2)[C@@H]1[C@@H](N)CO. The van der Waals surface area contributed by atoms with Crippen molar-refractivity contribution in [1.29, 1.82) is 0 Å². The third kappa shape index (κ3) is 2.94. The number of β-lactam (4-membered cyclic amide) rings is 1. The molecule has 1 aromatic rings. The third-order valence-corrected chi connectivity index (χ3v) is 3.60. The molecule has 0 radical (unpaired) electrons. The van der Waals surface area contributed by atoms with Crippen molar-refractivity contribution >= 4 is 5.91 Å². The summed E-state index contributed by atoms with van der Waals surface area (Å²) in [5, 5.41) is 9.26. The number of hydrogen-bond donors (Lipinski definition) is 2. The molecule has 0 saturated carbocycles. The number of benzene rings is 1. The van der Waals surface area contributed by atoms with E-state index < -0.39 is 12.1 Å². The highest BCUT2D eigenvalue weighted by atomic mass is 16.5. The summed E-state index contributed by atoms with van der Waals surface area (Å²) in [6.45, 7) is 2.58. The van der Waals surface area contributed by atoms with Crippen molar-refractivity contribution in [1.82, 2.24) is 4.90 Å². The van der Waals surface area contributed by atoms with Gasteiger partial charge in [0.25, 0.3) is 5.91 Å². The number of ether oxygens (including phenoxy) is 1. The van der Waals surface area contributed by atoms with E-state index in [-0.39, 0.29) is 18.6 Å². The number of nitrogens with zero attached hydrogens (tertiary/aromatic N) is 1. The Morgan fingerprint density at radius 1 is 1.40 bits per heavy atom. The Morgan fingerprint density at radius 3 is 2.70 bits per heavy atom. The van der Waals surface area contributed by atoms with E-state index in [9.17, 15) is 9.90 Å². The van der Waals surface area contributed by atoms with Gasteiger partial charge in [-0.1, -0.05) is 31.5 Å². The molecular weight excluding hydrogens is 256 g/mol. The number of likely N-dealkylation sites (tertiary alicyclic amines) is 1. The molecule has 1 amide bonds. The fraction of sp³-hybridized carbons (Fsp3) is 0.533.